The van der Waals surface area contributed by atoms with E-state index in [-0.39, 0.29) is 30.2 Å². The predicted molar refractivity (Wildman–Crippen MR) is 73.8 cm³/mol. The number of aromatic amines is 1. The molecule has 5 nitrogen and oxygen atoms in total. The lowest BCUT2D eigenvalue weighted by Gasteiger charge is -2.07. The number of hydrogen-bond acceptors (Lipinski definition) is 5. The van der Waals surface area contributed by atoms with Crippen LogP contribution in [0.5, 0.6) is 0 Å². The lowest BCUT2D eigenvalue weighted by atomic mass is 10.2. The lowest BCUT2D eigenvalue weighted by Crippen LogP contribution is -2.12. The third-order valence-corrected chi connectivity index (χ3v) is 3.98. The number of nitrogens with zero attached hydrogens (tertiary/aromatic N) is 2. The van der Waals surface area contributed by atoms with E-state index in [0.717, 1.165) is 11.2 Å². The zero-order valence-corrected chi connectivity index (χ0v) is 12.7. The van der Waals surface area contributed by atoms with Crippen LogP contribution in [0.4, 0.5) is 13.2 Å². The molecule has 0 aliphatic carbocycles. The van der Waals surface area contributed by atoms with Gasteiger partial charge in [0, 0.05) is 23.3 Å². The highest BCUT2D eigenvalue weighted by molar-refractivity contribution is 7.09. The molecule has 1 N–H and O–H groups in total. The monoisotopic (exact) mass is 333 g/mol. The van der Waals surface area contributed by atoms with Gasteiger partial charge in [-0.05, 0) is 0 Å². The third-order valence-electron chi connectivity index (χ3n) is 2.83. The minimum atomic E-state index is -4.50. The first-order chi connectivity index (χ1) is 10.3. The first kappa shape index (κ1) is 16.5. The Morgan fingerprint density at radius 2 is 2.18 bits per heavy atom. The predicted octanol–water partition coefficient (Wildman–Crippen LogP) is 3.41. The van der Waals surface area contributed by atoms with Crippen LogP contribution in [0, 0.1) is 0 Å². The third kappa shape index (κ3) is 3.85. The number of aromatic nitrogens is 3. The topological polar surface area (TPSA) is 67.9 Å². The van der Waals surface area contributed by atoms with Crippen LogP contribution in [0.25, 0.3) is 0 Å². The van der Waals surface area contributed by atoms with Crippen molar-refractivity contribution < 1.29 is 22.7 Å². The molecular weight excluding hydrogens is 319 g/mol. The average molecular weight is 333 g/mol. The van der Waals surface area contributed by atoms with Crippen LogP contribution in [-0.2, 0) is 17.3 Å². The number of halogens is 3. The fraction of sp³-hybridized carbons (Fsp3) is 0.462. The molecule has 0 saturated heterocycles. The molecule has 0 amide bonds. The summed E-state index contributed by atoms with van der Waals surface area (Å²) >= 11 is 1.35. The molecule has 0 bridgehead atoms. The molecule has 0 spiro atoms. The maximum Gasteiger partial charge on any atom is 0.433 e. The van der Waals surface area contributed by atoms with Crippen LogP contribution in [0.2, 0.25) is 0 Å². The van der Waals surface area contributed by atoms with Gasteiger partial charge in [0.15, 0.2) is 5.69 Å². The Balaban J connectivity index is 1.91. The van der Waals surface area contributed by atoms with E-state index in [1.165, 1.54) is 11.3 Å². The van der Waals surface area contributed by atoms with Crippen LogP contribution in [0.1, 0.15) is 46.5 Å². The summed E-state index contributed by atoms with van der Waals surface area (Å²) in [7, 11) is 0. The van der Waals surface area contributed by atoms with Gasteiger partial charge in [-0.1, -0.05) is 13.8 Å². The van der Waals surface area contributed by atoms with E-state index in [1.807, 2.05) is 18.9 Å². The zero-order valence-electron chi connectivity index (χ0n) is 11.9. The molecular formula is C13H14F3N3O2S. The molecule has 2 rings (SSSR count). The SMILES string of the molecule is CC(C)c1nc(C(=O)OCCc2cn[nH]c2C(F)(F)F)cs1. The van der Waals surface area contributed by atoms with Crippen molar-refractivity contribution in [3.05, 3.63) is 33.5 Å². The molecule has 0 saturated carbocycles. The van der Waals surface area contributed by atoms with Crippen molar-refractivity contribution in [2.24, 2.45) is 0 Å². The maximum atomic E-state index is 12.6. The number of hydrogen-bond donors (Lipinski definition) is 1. The van der Waals surface area contributed by atoms with Crippen LogP contribution in [-0.4, -0.2) is 27.8 Å². The molecule has 0 aromatic carbocycles. The van der Waals surface area contributed by atoms with Gasteiger partial charge in [-0.2, -0.15) is 18.3 Å². The van der Waals surface area contributed by atoms with Crippen molar-refractivity contribution in [2.45, 2.75) is 32.4 Å². The van der Waals surface area contributed by atoms with Crippen LogP contribution < -0.4 is 0 Å². The van der Waals surface area contributed by atoms with Gasteiger partial charge >= 0.3 is 12.1 Å². The number of ether oxygens (including phenoxy) is 1. The number of carbonyl (C=O) groups is 1. The van der Waals surface area contributed by atoms with Crippen molar-refractivity contribution >= 4 is 17.3 Å². The van der Waals surface area contributed by atoms with Gasteiger partial charge in [-0.15, -0.1) is 11.3 Å². The quantitative estimate of drug-likeness (QED) is 0.852. The van der Waals surface area contributed by atoms with Gasteiger partial charge in [0.25, 0.3) is 0 Å². The van der Waals surface area contributed by atoms with Crippen molar-refractivity contribution in [3.63, 3.8) is 0 Å². The molecule has 120 valence electrons. The molecule has 0 aliphatic heterocycles. The van der Waals surface area contributed by atoms with Gasteiger partial charge < -0.3 is 4.74 Å². The van der Waals surface area contributed by atoms with Crippen LogP contribution in [0.15, 0.2) is 11.6 Å². The van der Waals surface area contributed by atoms with E-state index in [1.54, 1.807) is 5.38 Å². The minimum absolute atomic E-state index is 0.0403. The van der Waals surface area contributed by atoms with E-state index in [9.17, 15) is 18.0 Å². The number of nitrogens with one attached hydrogen (secondary N) is 1. The first-order valence-electron chi connectivity index (χ1n) is 6.51. The number of alkyl halides is 3. The standard InChI is InChI=1S/C13H14F3N3O2S/c1-7(2)11-18-9(6-22-11)12(20)21-4-3-8-5-17-19-10(8)13(14,15)16/h5-7H,3-4H2,1-2H3,(H,17,19). The van der Waals surface area contributed by atoms with E-state index >= 15 is 0 Å². The van der Waals surface area contributed by atoms with Gasteiger partial charge in [0.05, 0.1) is 17.8 Å². The molecule has 0 aliphatic rings. The molecule has 2 aromatic rings. The highest BCUT2D eigenvalue weighted by Gasteiger charge is 2.35. The van der Waals surface area contributed by atoms with Crippen LogP contribution in [0.3, 0.4) is 0 Å². The number of thiazole rings is 1. The van der Waals surface area contributed by atoms with Crippen molar-refractivity contribution in [1.82, 2.24) is 15.2 Å². The van der Waals surface area contributed by atoms with Gasteiger partial charge in [-0.25, -0.2) is 9.78 Å². The Morgan fingerprint density at radius 3 is 2.77 bits per heavy atom. The highest BCUT2D eigenvalue weighted by Crippen LogP contribution is 2.30. The lowest BCUT2D eigenvalue weighted by molar-refractivity contribution is -0.141. The number of esters is 1. The Morgan fingerprint density at radius 1 is 1.45 bits per heavy atom. The average Bonchev–Trinajstić information content (AvgIpc) is 3.06. The number of carbonyl (C=O) groups excluding carboxylic acids is 1. The van der Waals surface area contributed by atoms with Gasteiger partial charge in [0.1, 0.15) is 5.69 Å². The molecule has 0 atom stereocenters. The number of H-pyrrole nitrogens is 1. The largest absolute Gasteiger partial charge is 0.461 e. The smallest absolute Gasteiger partial charge is 0.433 e. The fourth-order valence-electron chi connectivity index (χ4n) is 1.72. The normalized spacial score (nSPS) is 11.9. The summed E-state index contributed by atoms with van der Waals surface area (Å²) in [6.45, 7) is 3.73. The summed E-state index contributed by atoms with van der Waals surface area (Å²) in [6.07, 6.45) is -3.49. The van der Waals surface area contributed by atoms with Gasteiger partial charge in [0.2, 0.25) is 0 Å². The summed E-state index contributed by atoms with van der Waals surface area (Å²) in [5.74, 6) is -0.438. The summed E-state index contributed by atoms with van der Waals surface area (Å²) in [6, 6.07) is 0. The summed E-state index contributed by atoms with van der Waals surface area (Å²) in [5, 5.41) is 7.66. The molecule has 0 unspecified atom stereocenters. The van der Waals surface area contributed by atoms with E-state index in [4.69, 9.17) is 4.74 Å². The van der Waals surface area contributed by atoms with Crippen molar-refractivity contribution in [3.8, 4) is 0 Å². The molecule has 2 heterocycles. The molecule has 0 fully saturated rings. The summed E-state index contributed by atoms with van der Waals surface area (Å²) in [5.41, 5.74) is -0.780. The van der Waals surface area contributed by atoms with E-state index < -0.39 is 17.8 Å². The molecule has 9 heteroatoms. The molecule has 2 aromatic heterocycles. The second-order valence-corrected chi connectivity index (χ2v) is 5.77. The summed E-state index contributed by atoms with van der Waals surface area (Å²) < 4.78 is 42.8. The minimum Gasteiger partial charge on any atom is -0.461 e. The Kier molecular flexibility index (Phi) is 4.84. The van der Waals surface area contributed by atoms with Gasteiger partial charge in [-0.3, -0.25) is 5.10 Å². The number of rotatable bonds is 5. The second kappa shape index (κ2) is 6.47. The molecule has 22 heavy (non-hydrogen) atoms. The second-order valence-electron chi connectivity index (χ2n) is 4.88. The molecule has 0 radical (unpaired) electrons. The van der Waals surface area contributed by atoms with Crippen LogP contribution >= 0.6 is 11.3 Å². The first-order valence-corrected chi connectivity index (χ1v) is 7.39. The maximum absolute atomic E-state index is 12.6. The van der Waals surface area contributed by atoms with Crippen molar-refractivity contribution in [1.29, 1.82) is 0 Å². The Bertz CT molecular complexity index is 649. The van der Waals surface area contributed by atoms with Crippen molar-refractivity contribution in [2.75, 3.05) is 6.61 Å². The highest BCUT2D eigenvalue weighted by atomic mass is 32.1. The summed E-state index contributed by atoms with van der Waals surface area (Å²) in [4.78, 5) is 15.9. The Labute approximate surface area is 128 Å². The zero-order chi connectivity index (χ0) is 16.3. The van der Waals surface area contributed by atoms with E-state index in [2.05, 4.69) is 10.1 Å². The van der Waals surface area contributed by atoms with E-state index in [0.29, 0.717) is 0 Å². The fourth-order valence-corrected chi connectivity index (χ4v) is 2.52. The Hall–Kier alpha value is -1.90.